The van der Waals surface area contributed by atoms with E-state index in [-0.39, 0.29) is 16.7 Å². The summed E-state index contributed by atoms with van der Waals surface area (Å²) in [5, 5.41) is 19.6. The van der Waals surface area contributed by atoms with Crippen LogP contribution in [0.4, 0.5) is 0 Å². The number of aromatic nitrogens is 1. The number of carboxylic acid groups (broad SMARTS) is 2. The highest BCUT2D eigenvalue weighted by molar-refractivity contribution is 7.13. The molecule has 6 heteroatoms. The van der Waals surface area contributed by atoms with E-state index in [4.69, 9.17) is 5.11 Å². The van der Waals surface area contributed by atoms with Gasteiger partial charge in [0.1, 0.15) is 0 Å². The monoisotopic (exact) mass is 313 g/mol. The molecule has 1 aromatic heterocycles. The first-order valence-electron chi connectivity index (χ1n) is 6.44. The summed E-state index contributed by atoms with van der Waals surface area (Å²) in [4.78, 5) is 22.8. The van der Waals surface area contributed by atoms with Crippen molar-refractivity contribution < 1.29 is 19.8 Å². The minimum atomic E-state index is -1.14. The van der Waals surface area contributed by atoms with Gasteiger partial charge in [0.15, 0.2) is 0 Å². The van der Waals surface area contributed by atoms with Crippen LogP contribution < -0.4 is 0 Å². The summed E-state index contributed by atoms with van der Waals surface area (Å²) >= 11 is 1.37. The first-order chi connectivity index (χ1) is 10.5. The van der Waals surface area contributed by atoms with E-state index >= 15 is 0 Å². The Hall–Kier alpha value is -2.73. The fourth-order valence-electron chi connectivity index (χ4n) is 2.50. The van der Waals surface area contributed by atoms with Crippen LogP contribution in [0.2, 0.25) is 0 Å². The quantitative estimate of drug-likeness (QED) is 0.770. The molecule has 5 nitrogen and oxygen atoms in total. The van der Waals surface area contributed by atoms with Crippen molar-refractivity contribution in [2.24, 2.45) is 0 Å². The van der Waals surface area contributed by atoms with Crippen LogP contribution in [-0.4, -0.2) is 26.5 Å². The molecule has 0 spiro atoms. The predicted molar refractivity (Wildman–Crippen MR) is 83.7 cm³/mol. The summed E-state index contributed by atoms with van der Waals surface area (Å²) < 4.78 is 5.11. The zero-order chi connectivity index (χ0) is 15.9. The van der Waals surface area contributed by atoms with Gasteiger partial charge in [-0.1, -0.05) is 12.1 Å². The molecule has 3 rings (SSSR count). The lowest BCUT2D eigenvalue weighted by atomic mass is 9.92. The maximum atomic E-state index is 11.6. The molecule has 0 aliphatic carbocycles. The molecular formula is C16H11NO4S. The van der Waals surface area contributed by atoms with Gasteiger partial charge in [0.2, 0.25) is 0 Å². The minimum Gasteiger partial charge on any atom is -0.478 e. The van der Waals surface area contributed by atoms with Crippen molar-refractivity contribution in [3.05, 3.63) is 53.2 Å². The fraction of sp³-hybridized carbons (Fsp3) is 0.0625. The van der Waals surface area contributed by atoms with Gasteiger partial charge in [-0.05, 0) is 53.3 Å². The Balaban J connectivity index is 2.27. The van der Waals surface area contributed by atoms with Gasteiger partial charge in [-0.25, -0.2) is 9.59 Å². The molecular weight excluding hydrogens is 302 g/mol. The van der Waals surface area contributed by atoms with E-state index in [0.717, 1.165) is 15.6 Å². The largest absolute Gasteiger partial charge is 0.478 e. The second-order valence-corrected chi connectivity index (χ2v) is 5.68. The number of aromatic carboxylic acids is 2. The van der Waals surface area contributed by atoms with Crippen LogP contribution in [0.25, 0.3) is 21.2 Å². The van der Waals surface area contributed by atoms with Crippen LogP contribution in [0.3, 0.4) is 0 Å². The number of carboxylic acids is 2. The van der Waals surface area contributed by atoms with Gasteiger partial charge < -0.3 is 10.2 Å². The lowest BCUT2D eigenvalue weighted by molar-refractivity contribution is 0.0696. The number of fused-ring (bicyclic) bond motifs is 1. The van der Waals surface area contributed by atoms with Crippen molar-refractivity contribution in [1.29, 1.82) is 0 Å². The first-order valence-corrected chi connectivity index (χ1v) is 7.21. The standard InChI is InChI=1S/C16H11NO4S/c1-8-11(15(18)19)3-4-12(14(8)16(20)21)9-2-5-13-10(6-9)7-17-22-13/h2-7H,1H3,(H,18,19)(H,20,21). The summed E-state index contributed by atoms with van der Waals surface area (Å²) in [6.45, 7) is 1.51. The maximum Gasteiger partial charge on any atom is 0.336 e. The van der Waals surface area contributed by atoms with E-state index in [1.807, 2.05) is 18.2 Å². The van der Waals surface area contributed by atoms with E-state index in [9.17, 15) is 14.7 Å². The van der Waals surface area contributed by atoms with Gasteiger partial charge in [-0.3, -0.25) is 0 Å². The van der Waals surface area contributed by atoms with Crippen molar-refractivity contribution in [2.75, 3.05) is 0 Å². The van der Waals surface area contributed by atoms with Crippen LogP contribution in [-0.2, 0) is 0 Å². The fourth-order valence-corrected chi connectivity index (χ4v) is 3.13. The smallest absolute Gasteiger partial charge is 0.336 e. The third-order valence-corrected chi connectivity index (χ3v) is 4.35. The highest BCUT2D eigenvalue weighted by Gasteiger charge is 2.20. The van der Waals surface area contributed by atoms with Crippen molar-refractivity contribution >= 4 is 33.6 Å². The van der Waals surface area contributed by atoms with Gasteiger partial charge in [0, 0.05) is 11.6 Å². The number of rotatable bonds is 3. The van der Waals surface area contributed by atoms with Crippen LogP contribution in [0.5, 0.6) is 0 Å². The zero-order valence-corrected chi connectivity index (χ0v) is 12.3. The molecule has 0 aliphatic rings. The van der Waals surface area contributed by atoms with E-state index in [1.54, 1.807) is 12.3 Å². The molecule has 22 heavy (non-hydrogen) atoms. The molecule has 0 aliphatic heterocycles. The minimum absolute atomic E-state index is 0.000530. The Kier molecular flexibility index (Phi) is 3.38. The molecule has 0 radical (unpaired) electrons. The molecule has 0 unspecified atom stereocenters. The van der Waals surface area contributed by atoms with Crippen molar-refractivity contribution in [3.8, 4) is 11.1 Å². The maximum absolute atomic E-state index is 11.6. The Morgan fingerprint density at radius 3 is 2.55 bits per heavy atom. The average molecular weight is 313 g/mol. The number of benzene rings is 2. The first kappa shape index (κ1) is 14.2. The van der Waals surface area contributed by atoms with E-state index < -0.39 is 11.9 Å². The summed E-state index contributed by atoms with van der Waals surface area (Å²) in [5.41, 5.74) is 1.50. The Bertz CT molecular complexity index is 914. The number of carbonyl (C=O) groups is 2. The van der Waals surface area contributed by atoms with Crippen molar-refractivity contribution in [2.45, 2.75) is 6.92 Å². The van der Waals surface area contributed by atoms with Gasteiger partial charge in [0.05, 0.1) is 15.8 Å². The third kappa shape index (κ3) is 2.23. The molecule has 2 aromatic carbocycles. The number of hydrogen-bond acceptors (Lipinski definition) is 4. The number of nitrogens with zero attached hydrogens (tertiary/aromatic N) is 1. The van der Waals surface area contributed by atoms with Gasteiger partial charge >= 0.3 is 11.9 Å². The summed E-state index contributed by atoms with van der Waals surface area (Å²) in [6, 6.07) is 8.55. The third-order valence-electron chi connectivity index (χ3n) is 3.57. The van der Waals surface area contributed by atoms with Gasteiger partial charge in [-0.15, -0.1) is 0 Å². The Labute approximate surface area is 129 Å². The molecule has 0 amide bonds. The van der Waals surface area contributed by atoms with Crippen LogP contribution in [0.1, 0.15) is 26.3 Å². The normalized spacial score (nSPS) is 10.8. The topological polar surface area (TPSA) is 87.5 Å². The SMILES string of the molecule is Cc1c(C(=O)O)ccc(-c2ccc3sncc3c2)c1C(=O)O. The molecule has 110 valence electrons. The molecule has 2 N–H and O–H groups in total. The van der Waals surface area contributed by atoms with E-state index in [1.165, 1.54) is 24.5 Å². The van der Waals surface area contributed by atoms with Gasteiger partial charge in [0.25, 0.3) is 0 Å². The second kappa shape index (κ2) is 5.23. The molecule has 1 heterocycles. The average Bonchev–Trinajstić information content (AvgIpc) is 2.93. The molecule has 0 bridgehead atoms. The molecule has 3 aromatic rings. The molecule has 0 atom stereocenters. The molecule has 0 fully saturated rings. The lowest BCUT2D eigenvalue weighted by Gasteiger charge is -2.12. The van der Waals surface area contributed by atoms with E-state index in [2.05, 4.69) is 4.37 Å². The van der Waals surface area contributed by atoms with Crippen LogP contribution in [0, 0.1) is 6.92 Å². The molecule has 0 saturated carbocycles. The zero-order valence-electron chi connectivity index (χ0n) is 11.5. The second-order valence-electron chi connectivity index (χ2n) is 4.85. The Morgan fingerprint density at radius 1 is 1.09 bits per heavy atom. The summed E-state index contributed by atoms with van der Waals surface area (Å²) in [5.74, 6) is -2.27. The molecule has 0 saturated heterocycles. The number of hydrogen-bond donors (Lipinski definition) is 2. The summed E-state index contributed by atoms with van der Waals surface area (Å²) in [7, 11) is 0. The Morgan fingerprint density at radius 2 is 1.86 bits per heavy atom. The lowest BCUT2D eigenvalue weighted by Crippen LogP contribution is -2.09. The van der Waals surface area contributed by atoms with Gasteiger partial charge in [-0.2, -0.15) is 4.37 Å². The van der Waals surface area contributed by atoms with E-state index in [0.29, 0.717) is 5.56 Å². The van der Waals surface area contributed by atoms with Crippen molar-refractivity contribution in [3.63, 3.8) is 0 Å². The van der Waals surface area contributed by atoms with Crippen LogP contribution >= 0.6 is 11.5 Å². The predicted octanol–water partition coefficient (Wildman–Crippen LogP) is 3.67. The highest BCUT2D eigenvalue weighted by Crippen LogP contribution is 2.31. The van der Waals surface area contributed by atoms with Crippen molar-refractivity contribution in [1.82, 2.24) is 4.37 Å². The van der Waals surface area contributed by atoms with Crippen LogP contribution in [0.15, 0.2) is 36.5 Å². The summed E-state index contributed by atoms with van der Waals surface area (Å²) in [6.07, 6.45) is 1.72. The highest BCUT2D eigenvalue weighted by atomic mass is 32.1.